The van der Waals surface area contributed by atoms with Crippen LogP contribution in [0, 0.1) is 0 Å². The summed E-state index contributed by atoms with van der Waals surface area (Å²) >= 11 is 0. The van der Waals surface area contributed by atoms with Gasteiger partial charge in [-0.15, -0.1) is 0 Å². The van der Waals surface area contributed by atoms with E-state index in [1.54, 1.807) is 13.2 Å². The minimum Gasteiger partial charge on any atom is -0.497 e. The van der Waals surface area contributed by atoms with Gasteiger partial charge in [0, 0.05) is 24.7 Å². The second-order valence-corrected chi connectivity index (χ2v) is 6.34. The number of nitrogens with one attached hydrogen (secondary N) is 1. The fourth-order valence-electron chi connectivity index (χ4n) is 3.03. The molecule has 2 aromatic rings. The maximum atomic E-state index is 12.1. The van der Waals surface area contributed by atoms with Crippen LogP contribution in [0.4, 0.5) is 0 Å². The molecule has 1 aromatic carbocycles. The predicted octanol–water partition coefficient (Wildman–Crippen LogP) is 1.13. The Balaban J connectivity index is 1.61. The molecule has 1 amide bonds. The molecule has 2 heterocycles. The molecule has 7 nitrogen and oxygen atoms in total. The molecule has 1 aromatic heterocycles. The van der Waals surface area contributed by atoms with E-state index in [9.17, 15) is 9.59 Å². The van der Waals surface area contributed by atoms with Gasteiger partial charge in [-0.3, -0.25) is 9.59 Å². The first-order valence-electron chi connectivity index (χ1n) is 8.87. The monoisotopic (exact) mass is 356 g/mol. The molecular weight excluding hydrogens is 332 g/mol. The number of rotatable bonds is 7. The molecule has 0 radical (unpaired) electrons. The van der Waals surface area contributed by atoms with Crippen LogP contribution in [0.3, 0.4) is 0 Å². The third-order valence-corrected chi connectivity index (χ3v) is 4.49. The topological polar surface area (TPSA) is 76.5 Å². The Morgan fingerprint density at radius 3 is 2.58 bits per heavy atom. The summed E-state index contributed by atoms with van der Waals surface area (Å²) in [6.07, 6.45) is 2.46. The number of methoxy groups -OCH3 is 1. The van der Waals surface area contributed by atoms with Crippen molar-refractivity contribution in [2.75, 3.05) is 33.3 Å². The zero-order chi connectivity index (χ0) is 18.4. The molecule has 7 heteroatoms. The molecular formula is C19H24N4O3. The number of hydrogen-bond donors (Lipinski definition) is 1. The van der Waals surface area contributed by atoms with Crippen molar-refractivity contribution in [3.05, 3.63) is 46.8 Å². The Hall–Kier alpha value is -2.67. The van der Waals surface area contributed by atoms with Gasteiger partial charge in [-0.05, 0) is 56.3 Å². The van der Waals surface area contributed by atoms with Crippen molar-refractivity contribution in [3.8, 4) is 17.0 Å². The highest BCUT2D eigenvalue weighted by Gasteiger charge is 2.12. The standard InChI is InChI=1S/C19H24N4O3/c1-26-16-6-4-15(5-7-16)17-8-9-19(25)23(21-17)14-18(24)20-10-13-22-11-2-3-12-22/h4-9H,2-3,10-14H2,1H3,(H,20,24). The predicted molar refractivity (Wildman–Crippen MR) is 99.2 cm³/mol. The third kappa shape index (κ3) is 4.70. The largest absolute Gasteiger partial charge is 0.497 e. The molecule has 26 heavy (non-hydrogen) atoms. The summed E-state index contributed by atoms with van der Waals surface area (Å²) in [5, 5.41) is 7.18. The van der Waals surface area contributed by atoms with Gasteiger partial charge < -0.3 is 15.0 Å². The van der Waals surface area contributed by atoms with Crippen molar-refractivity contribution >= 4 is 5.91 Å². The first kappa shape index (κ1) is 18.1. The summed E-state index contributed by atoms with van der Waals surface area (Å²) < 4.78 is 6.34. The van der Waals surface area contributed by atoms with Crippen LogP contribution in [0.5, 0.6) is 5.75 Å². The molecule has 0 atom stereocenters. The molecule has 0 saturated carbocycles. The molecule has 0 bridgehead atoms. The van der Waals surface area contributed by atoms with Crippen LogP contribution in [0.25, 0.3) is 11.3 Å². The second-order valence-electron chi connectivity index (χ2n) is 6.34. The molecule has 138 valence electrons. The van der Waals surface area contributed by atoms with E-state index in [1.807, 2.05) is 24.3 Å². The minimum absolute atomic E-state index is 0.0805. The average Bonchev–Trinajstić information content (AvgIpc) is 3.17. The number of benzene rings is 1. The van der Waals surface area contributed by atoms with Crippen molar-refractivity contribution in [1.82, 2.24) is 20.0 Å². The zero-order valence-electron chi connectivity index (χ0n) is 15.0. The van der Waals surface area contributed by atoms with Crippen LogP contribution >= 0.6 is 0 Å². The van der Waals surface area contributed by atoms with E-state index in [4.69, 9.17) is 4.74 Å². The summed E-state index contributed by atoms with van der Waals surface area (Å²) in [4.78, 5) is 26.5. The maximum Gasteiger partial charge on any atom is 0.267 e. The normalized spacial score (nSPS) is 14.3. The summed E-state index contributed by atoms with van der Waals surface area (Å²) in [5.41, 5.74) is 1.20. The van der Waals surface area contributed by atoms with E-state index in [0.717, 1.165) is 30.9 Å². The number of ether oxygens (including phenoxy) is 1. The van der Waals surface area contributed by atoms with E-state index >= 15 is 0 Å². The lowest BCUT2D eigenvalue weighted by molar-refractivity contribution is -0.121. The number of nitrogens with zero attached hydrogens (tertiary/aromatic N) is 3. The number of carbonyl (C=O) groups excluding carboxylic acids is 1. The fraction of sp³-hybridized carbons (Fsp3) is 0.421. The third-order valence-electron chi connectivity index (χ3n) is 4.49. The summed E-state index contributed by atoms with van der Waals surface area (Å²) in [6.45, 7) is 3.55. The Morgan fingerprint density at radius 1 is 1.15 bits per heavy atom. The summed E-state index contributed by atoms with van der Waals surface area (Å²) in [7, 11) is 1.61. The highest BCUT2D eigenvalue weighted by molar-refractivity contribution is 5.75. The summed E-state index contributed by atoms with van der Waals surface area (Å²) in [5.74, 6) is 0.546. The van der Waals surface area contributed by atoms with E-state index in [1.165, 1.54) is 23.6 Å². The van der Waals surface area contributed by atoms with Crippen molar-refractivity contribution < 1.29 is 9.53 Å². The number of hydrogen-bond acceptors (Lipinski definition) is 5. The first-order chi connectivity index (χ1) is 12.7. The molecule has 1 fully saturated rings. The lowest BCUT2D eigenvalue weighted by atomic mass is 10.1. The molecule has 1 saturated heterocycles. The number of amides is 1. The van der Waals surface area contributed by atoms with Crippen LogP contribution < -0.4 is 15.6 Å². The molecule has 0 unspecified atom stereocenters. The van der Waals surface area contributed by atoms with Crippen molar-refractivity contribution in [2.24, 2.45) is 0 Å². The average molecular weight is 356 g/mol. The number of aromatic nitrogens is 2. The fourth-order valence-corrected chi connectivity index (χ4v) is 3.03. The van der Waals surface area contributed by atoms with Crippen LogP contribution in [-0.2, 0) is 11.3 Å². The first-order valence-corrected chi connectivity index (χ1v) is 8.87. The Labute approximate surface area is 152 Å². The van der Waals surface area contributed by atoms with Gasteiger partial charge in [-0.2, -0.15) is 5.10 Å². The minimum atomic E-state index is -0.294. The SMILES string of the molecule is COc1ccc(-c2ccc(=O)n(CC(=O)NCCN3CCCC3)n2)cc1. The van der Waals surface area contributed by atoms with Gasteiger partial charge in [0.1, 0.15) is 12.3 Å². The van der Waals surface area contributed by atoms with E-state index in [2.05, 4.69) is 15.3 Å². The Bertz CT molecular complexity index is 795. The quantitative estimate of drug-likeness (QED) is 0.805. The van der Waals surface area contributed by atoms with E-state index < -0.39 is 0 Å². The molecule has 0 aliphatic carbocycles. The lowest BCUT2D eigenvalue weighted by Gasteiger charge is -2.14. The van der Waals surface area contributed by atoms with E-state index in [-0.39, 0.29) is 18.0 Å². The smallest absolute Gasteiger partial charge is 0.267 e. The number of carbonyl (C=O) groups is 1. The Morgan fingerprint density at radius 2 is 1.88 bits per heavy atom. The lowest BCUT2D eigenvalue weighted by Crippen LogP contribution is -2.37. The second kappa shape index (κ2) is 8.62. The molecule has 1 aliphatic heterocycles. The Kier molecular flexibility index (Phi) is 6.01. The maximum absolute atomic E-state index is 12.1. The number of likely N-dealkylation sites (tertiary alicyclic amines) is 1. The van der Waals surface area contributed by atoms with Crippen LogP contribution in [0.1, 0.15) is 12.8 Å². The van der Waals surface area contributed by atoms with Gasteiger partial charge in [-0.25, -0.2) is 4.68 Å². The zero-order valence-corrected chi connectivity index (χ0v) is 15.0. The van der Waals surface area contributed by atoms with Gasteiger partial charge in [0.05, 0.1) is 12.8 Å². The van der Waals surface area contributed by atoms with Crippen molar-refractivity contribution in [2.45, 2.75) is 19.4 Å². The molecule has 3 rings (SSSR count). The van der Waals surface area contributed by atoms with Crippen LogP contribution in [0.2, 0.25) is 0 Å². The van der Waals surface area contributed by atoms with Gasteiger partial charge in [0.25, 0.3) is 5.56 Å². The van der Waals surface area contributed by atoms with Crippen LogP contribution in [0.15, 0.2) is 41.2 Å². The molecule has 0 spiro atoms. The highest BCUT2D eigenvalue weighted by Crippen LogP contribution is 2.19. The van der Waals surface area contributed by atoms with Gasteiger partial charge in [-0.1, -0.05) is 0 Å². The van der Waals surface area contributed by atoms with Gasteiger partial charge >= 0.3 is 0 Å². The van der Waals surface area contributed by atoms with Gasteiger partial charge in [0.15, 0.2) is 0 Å². The summed E-state index contributed by atoms with van der Waals surface area (Å²) in [6, 6.07) is 10.5. The molecule has 1 N–H and O–H groups in total. The molecule has 1 aliphatic rings. The van der Waals surface area contributed by atoms with E-state index in [0.29, 0.717) is 12.2 Å². The van der Waals surface area contributed by atoms with Crippen molar-refractivity contribution in [1.29, 1.82) is 0 Å². The highest BCUT2D eigenvalue weighted by atomic mass is 16.5. The van der Waals surface area contributed by atoms with Gasteiger partial charge in [0.2, 0.25) is 5.91 Å². The van der Waals surface area contributed by atoms with Crippen molar-refractivity contribution in [3.63, 3.8) is 0 Å². The van der Waals surface area contributed by atoms with Crippen LogP contribution in [-0.4, -0.2) is 53.9 Å².